The molecule has 1 unspecified atom stereocenters. The van der Waals surface area contributed by atoms with Gasteiger partial charge in [-0.25, -0.2) is 0 Å². The van der Waals surface area contributed by atoms with Crippen LogP contribution in [0, 0.1) is 0 Å². The van der Waals surface area contributed by atoms with Crippen LogP contribution in [-0.2, 0) is 4.74 Å². The fourth-order valence-corrected chi connectivity index (χ4v) is 2.64. The highest BCUT2D eigenvalue weighted by molar-refractivity contribution is 5.48. The number of rotatable bonds is 6. The van der Waals surface area contributed by atoms with E-state index in [-0.39, 0.29) is 18.8 Å². The standard InChI is InChI=1S/C16H25NO3/c1-2-16(19)13-3-5-14(6-4-13)17-9-7-15(8-10-17)20-12-11-18/h3-6,15-16,18-19H,2,7-12H2,1H3. The zero-order chi connectivity index (χ0) is 14.4. The normalized spacial score (nSPS) is 18.2. The van der Waals surface area contributed by atoms with Crippen molar-refractivity contribution in [1.82, 2.24) is 0 Å². The van der Waals surface area contributed by atoms with E-state index < -0.39 is 0 Å². The first-order chi connectivity index (χ1) is 9.74. The van der Waals surface area contributed by atoms with E-state index in [2.05, 4.69) is 17.0 Å². The molecular weight excluding hydrogens is 254 g/mol. The molecule has 1 aromatic carbocycles. The summed E-state index contributed by atoms with van der Waals surface area (Å²) in [5.41, 5.74) is 2.19. The van der Waals surface area contributed by atoms with Crippen molar-refractivity contribution >= 4 is 5.69 Å². The molecule has 2 N–H and O–H groups in total. The van der Waals surface area contributed by atoms with Crippen molar-refractivity contribution < 1.29 is 14.9 Å². The van der Waals surface area contributed by atoms with Gasteiger partial charge in [-0.3, -0.25) is 0 Å². The van der Waals surface area contributed by atoms with Gasteiger partial charge in [0.05, 0.1) is 25.4 Å². The van der Waals surface area contributed by atoms with Gasteiger partial charge in [-0.1, -0.05) is 19.1 Å². The second-order valence-corrected chi connectivity index (χ2v) is 5.30. The third-order valence-electron chi connectivity index (χ3n) is 3.92. The van der Waals surface area contributed by atoms with Crippen molar-refractivity contribution in [1.29, 1.82) is 0 Å². The molecule has 0 saturated carbocycles. The zero-order valence-electron chi connectivity index (χ0n) is 12.2. The lowest BCUT2D eigenvalue weighted by atomic mass is 10.0. The summed E-state index contributed by atoms with van der Waals surface area (Å²) in [6.45, 7) is 4.48. The largest absolute Gasteiger partial charge is 0.394 e. The number of anilines is 1. The second-order valence-electron chi connectivity index (χ2n) is 5.30. The van der Waals surface area contributed by atoms with Gasteiger partial charge in [0.15, 0.2) is 0 Å². The first-order valence-corrected chi connectivity index (χ1v) is 7.50. The van der Waals surface area contributed by atoms with Crippen molar-refractivity contribution in [3.05, 3.63) is 29.8 Å². The zero-order valence-corrected chi connectivity index (χ0v) is 12.2. The summed E-state index contributed by atoms with van der Waals surface area (Å²) in [4.78, 5) is 2.35. The molecule has 1 aromatic rings. The number of benzene rings is 1. The summed E-state index contributed by atoms with van der Waals surface area (Å²) in [5.74, 6) is 0. The molecule has 4 nitrogen and oxygen atoms in total. The summed E-state index contributed by atoms with van der Waals surface area (Å²) in [6.07, 6.45) is 2.66. The van der Waals surface area contributed by atoms with Gasteiger partial charge < -0.3 is 19.8 Å². The molecule has 4 heteroatoms. The van der Waals surface area contributed by atoms with Gasteiger partial charge in [-0.15, -0.1) is 0 Å². The molecule has 1 aliphatic heterocycles. The highest BCUT2D eigenvalue weighted by atomic mass is 16.5. The Hall–Kier alpha value is -1.10. The van der Waals surface area contributed by atoms with E-state index in [1.54, 1.807) is 0 Å². The van der Waals surface area contributed by atoms with Crippen LogP contribution in [0.15, 0.2) is 24.3 Å². The van der Waals surface area contributed by atoms with Crippen LogP contribution in [0.5, 0.6) is 0 Å². The predicted molar refractivity (Wildman–Crippen MR) is 80.0 cm³/mol. The van der Waals surface area contributed by atoms with E-state index >= 15 is 0 Å². The Bertz CT molecular complexity index is 385. The summed E-state index contributed by atoms with van der Waals surface area (Å²) in [6, 6.07) is 8.20. The van der Waals surface area contributed by atoms with Crippen molar-refractivity contribution in [3.8, 4) is 0 Å². The number of hydrogen-bond acceptors (Lipinski definition) is 4. The van der Waals surface area contributed by atoms with Crippen LogP contribution in [0.25, 0.3) is 0 Å². The first-order valence-electron chi connectivity index (χ1n) is 7.50. The smallest absolute Gasteiger partial charge is 0.0787 e. The van der Waals surface area contributed by atoms with E-state index in [0.29, 0.717) is 6.61 Å². The molecule has 1 saturated heterocycles. The maximum Gasteiger partial charge on any atom is 0.0787 e. The SMILES string of the molecule is CCC(O)c1ccc(N2CCC(OCCO)CC2)cc1. The fourth-order valence-electron chi connectivity index (χ4n) is 2.64. The van der Waals surface area contributed by atoms with Crippen molar-refractivity contribution in [2.45, 2.75) is 38.4 Å². The first kappa shape index (κ1) is 15.3. The topological polar surface area (TPSA) is 52.9 Å². The Morgan fingerprint density at radius 3 is 2.45 bits per heavy atom. The molecule has 0 bridgehead atoms. The molecule has 0 aliphatic carbocycles. The predicted octanol–water partition coefficient (Wildman–Crippen LogP) is 2.11. The number of piperidine rings is 1. The van der Waals surface area contributed by atoms with E-state index in [9.17, 15) is 5.11 Å². The average Bonchev–Trinajstić information content (AvgIpc) is 2.53. The molecule has 1 atom stereocenters. The summed E-state index contributed by atoms with van der Waals surface area (Å²) in [5, 5.41) is 18.6. The van der Waals surface area contributed by atoms with Crippen LogP contribution in [0.2, 0.25) is 0 Å². The molecule has 0 aromatic heterocycles. The minimum atomic E-state index is -0.360. The molecule has 1 fully saturated rings. The quantitative estimate of drug-likeness (QED) is 0.837. The van der Waals surface area contributed by atoms with Crippen molar-refractivity contribution in [3.63, 3.8) is 0 Å². The monoisotopic (exact) mass is 279 g/mol. The lowest BCUT2D eigenvalue weighted by Crippen LogP contribution is -2.37. The van der Waals surface area contributed by atoms with Crippen LogP contribution < -0.4 is 4.90 Å². The lowest BCUT2D eigenvalue weighted by Gasteiger charge is -2.33. The van der Waals surface area contributed by atoms with Crippen molar-refractivity contribution in [2.75, 3.05) is 31.2 Å². The molecule has 2 rings (SSSR count). The third-order valence-corrected chi connectivity index (χ3v) is 3.92. The summed E-state index contributed by atoms with van der Waals surface area (Å²) in [7, 11) is 0. The Balaban J connectivity index is 1.87. The molecule has 1 heterocycles. The Morgan fingerprint density at radius 2 is 1.90 bits per heavy atom. The molecule has 20 heavy (non-hydrogen) atoms. The highest BCUT2D eigenvalue weighted by Gasteiger charge is 2.19. The maximum absolute atomic E-state index is 9.80. The van der Waals surface area contributed by atoms with Crippen molar-refractivity contribution in [2.24, 2.45) is 0 Å². The van der Waals surface area contributed by atoms with Crippen LogP contribution >= 0.6 is 0 Å². The molecule has 0 radical (unpaired) electrons. The van der Waals surface area contributed by atoms with Crippen LogP contribution in [-0.4, -0.2) is 42.6 Å². The molecule has 112 valence electrons. The van der Waals surface area contributed by atoms with Gasteiger partial charge in [0, 0.05) is 18.8 Å². The Labute approximate surface area is 121 Å². The van der Waals surface area contributed by atoms with Gasteiger partial charge in [-0.05, 0) is 37.0 Å². The number of hydrogen-bond donors (Lipinski definition) is 2. The van der Waals surface area contributed by atoms with E-state index in [0.717, 1.165) is 37.9 Å². The maximum atomic E-state index is 9.80. The number of nitrogens with zero attached hydrogens (tertiary/aromatic N) is 1. The van der Waals surface area contributed by atoms with Gasteiger partial charge in [0.2, 0.25) is 0 Å². The third kappa shape index (κ3) is 3.95. The minimum Gasteiger partial charge on any atom is -0.394 e. The average molecular weight is 279 g/mol. The molecule has 0 amide bonds. The summed E-state index contributed by atoms with van der Waals surface area (Å²) >= 11 is 0. The number of ether oxygens (including phenoxy) is 1. The molecule has 0 spiro atoms. The number of aliphatic hydroxyl groups excluding tert-OH is 2. The van der Waals surface area contributed by atoms with Gasteiger partial charge >= 0.3 is 0 Å². The van der Waals surface area contributed by atoms with E-state index in [4.69, 9.17) is 9.84 Å². The summed E-state index contributed by atoms with van der Waals surface area (Å²) < 4.78 is 5.57. The number of aliphatic hydroxyl groups is 2. The van der Waals surface area contributed by atoms with E-state index in [1.807, 2.05) is 19.1 Å². The molecular formula is C16H25NO3. The molecule has 1 aliphatic rings. The lowest BCUT2D eigenvalue weighted by molar-refractivity contribution is 0.0159. The van der Waals surface area contributed by atoms with Crippen LogP contribution in [0.1, 0.15) is 37.9 Å². The highest BCUT2D eigenvalue weighted by Crippen LogP contribution is 2.24. The van der Waals surface area contributed by atoms with Crippen LogP contribution in [0.3, 0.4) is 0 Å². The Morgan fingerprint density at radius 1 is 1.25 bits per heavy atom. The fraction of sp³-hybridized carbons (Fsp3) is 0.625. The van der Waals surface area contributed by atoms with Gasteiger partial charge in [0.1, 0.15) is 0 Å². The van der Waals surface area contributed by atoms with Gasteiger partial charge in [-0.2, -0.15) is 0 Å². The second kappa shape index (κ2) is 7.62. The minimum absolute atomic E-state index is 0.0986. The Kier molecular flexibility index (Phi) is 5.83. The van der Waals surface area contributed by atoms with Crippen LogP contribution in [0.4, 0.5) is 5.69 Å². The van der Waals surface area contributed by atoms with E-state index in [1.165, 1.54) is 5.69 Å². The van der Waals surface area contributed by atoms with Gasteiger partial charge in [0.25, 0.3) is 0 Å².